The van der Waals surface area contributed by atoms with Gasteiger partial charge in [-0.05, 0) is 29.3 Å². The summed E-state index contributed by atoms with van der Waals surface area (Å²) in [5, 5.41) is 9.53. The summed E-state index contributed by atoms with van der Waals surface area (Å²) in [4.78, 5) is 11.6. The van der Waals surface area contributed by atoms with E-state index in [0.29, 0.717) is 11.5 Å². The third-order valence-electron chi connectivity index (χ3n) is 3.92. The van der Waals surface area contributed by atoms with Gasteiger partial charge < -0.3 is 14.6 Å². The number of benzene rings is 3. The first-order valence-corrected chi connectivity index (χ1v) is 8.41. The molecule has 4 heteroatoms. The Bertz CT molecular complexity index is 831. The molecular weight excluding hydrogens is 328 g/mol. The van der Waals surface area contributed by atoms with Crippen molar-refractivity contribution in [2.24, 2.45) is 0 Å². The van der Waals surface area contributed by atoms with E-state index in [0.717, 1.165) is 11.1 Å². The fraction of sp³-hybridized carbons (Fsp3) is 0.136. The molecule has 1 N–H and O–H groups in total. The van der Waals surface area contributed by atoms with Gasteiger partial charge >= 0.3 is 5.97 Å². The second-order valence-electron chi connectivity index (χ2n) is 5.85. The minimum Gasteiger partial charge on any atom is -0.479 e. The van der Waals surface area contributed by atoms with Gasteiger partial charge in [0.1, 0.15) is 11.5 Å². The van der Waals surface area contributed by atoms with Crippen LogP contribution < -0.4 is 4.74 Å². The average molecular weight is 348 g/mol. The highest BCUT2D eigenvalue weighted by Gasteiger charge is 2.21. The zero-order valence-electron chi connectivity index (χ0n) is 14.2. The number of aliphatic carboxylic acids is 1. The maximum atomic E-state index is 11.6. The summed E-state index contributed by atoms with van der Waals surface area (Å²) in [5.74, 6) is 0.348. The van der Waals surface area contributed by atoms with Gasteiger partial charge in [-0.1, -0.05) is 66.7 Å². The molecule has 4 nitrogen and oxygen atoms in total. The minimum absolute atomic E-state index is 0.227. The van der Waals surface area contributed by atoms with E-state index >= 15 is 0 Å². The largest absolute Gasteiger partial charge is 0.479 e. The Morgan fingerprint density at radius 3 is 2.15 bits per heavy atom. The zero-order chi connectivity index (χ0) is 18.2. The summed E-state index contributed by atoms with van der Waals surface area (Å²) in [6, 6.07) is 26.4. The summed E-state index contributed by atoms with van der Waals surface area (Å²) in [6.07, 6.45) is -0.721. The normalized spacial score (nSPS) is 11.7. The molecule has 0 unspecified atom stereocenters. The number of para-hydroxylation sites is 2. The number of hydrogen-bond donors (Lipinski definition) is 1. The lowest BCUT2D eigenvalue weighted by molar-refractivity contribution is -0.151. The van der Waals surface area contributed by atoms with Crippen molar-refractivity contribution in [2.75, 3.05) is 0 Å². The Morgan fingerprint density at radius 1 is 0.846 bits per heavy atom. The van der Waals surface area contributed by atoms with Crippen molar-refractivity contribution in [1.82, 2.24) is 0 Å². The number of rotatable bonds is 8. The fourth-order valence-corrected chi connectivity index (χ4v) is 2.58. The van der Waals surface area contributed by atoms with E-state index in [4.69, 9.17) is 9.47 Å². The van der Waals surface area contributed by atoms with Gasteiger partial charge in [-0.15, -0.1) is 0 Å². The van der Waals surface area contributed by atoms with Crippen molar-refractivity contribution >= 4 is 5.97 Å². The summed E-state index contributed by atoms with van der Waals surface area (Å²) in [7, 11) is 0. The molecule has 3 aromatic carbocycles. The molecule has 0 heterocycles. The van der Waals surface area contributed by atoms with Crippen LogP contribution >= 0.6 is 0 Å². The Labute approximate surface area is 152 Å². The summed E-state index contributed by atoms with van der Waals surface area (Å²) < 4.78 is 11.5. The van der Waals surface area contributed by atoms with E-state index in [-0.39, 0.29) is 13.0 Å². The Balaban J connectivity index is 1.72. The molecular formula is C22H20O4. The molecule has 3 aromatic rings. The van der Waals surface area contributed by atoms with Gasteiger partial charge in [-0.3, -0.25) is 0 Å². The maximum absolute atomic E-state index is 11.6. The van der Waals surface area contributed by atoms with E-state index < -0.39 is 12.1 Å². The Hall–Kier alpha value is -3.11. The van der Waals surface area contributed by atoms with Crippen molar-refractivity contribution in [1.29, 1.82) is 0 Å². The van der Waals surface area contributed by atoms with E-state index in [1.807, 2.05) is 84.9 Å². The SMILES string of the molecule is O=C(O)[C@@H](Cc1ccccc1Oc1ccccc1)OCc1ccccc1. The number of hydrogen-bond acceptors (Lipinski definition) is 3. The van der Waals surface area contributed by atoms with Crippen LogP contribution in [0.25, 0.3) is 0 Å². The van der Waals surface area contributed by atoms with Crippen LogP contribution in [0.15, 0.2) is 84.9 Å². The second kappa shape index (κ2) is 8.83. The predicted octanol–water partition coefficient (Wildman–Crippen LogP) is 4.69. The van der Waals surface area contributed by atoms with Crippen LogP contribution in [0.1, 0.15) is 11.1 Å². The quantitative estimate of drug-likeness (QED) is 0.641. The predicted molar refractivity (Wildman–Crippen MR) is 99.3 cm³/mol. The Morgan fingerprint density at radius 2 is 1.46 bits per heavy atom. The second-order valence-corrected chi connectivity index (χ2v) is 5.85. The van der Waals surface area contributed by atoms with Crippen molar-refractivity contribution < 1.29 is 19.4 Å². The third-order valence-corrected chi connectivity index (χ3v) is 3.92. The smallest absolute Gasteiger partial charge is 0.333 e. The molecule has 26 heavy (non-hydrogen) atoms. The lowest BCUT2D eigenvalue weighted by atomic mass is 10.1. The van der Waals surface area contributed by atoms with Crippen molar-refractivity contribution in [3.05, 3.63) is 96.1 Å². The van der Waals surface area contributed by atoms with Gasteiger partial charge in [-0.25, -0.2) is 4.79 Å². The molecule has 0 fully saturated rings. The fourth-order valence-electron chi connectivity index (χ4n) is 2.58. The average Bonchev–Trinajstić information content (AvgIpc) is 2.68. The Kier molecular flexibility index (Phi) is 6.01. The number of carbonyl (C=O) groups is 1. The van der Waals surface area contributed by atoms with Crippen LogP contribution in [0.2, 0.25) is 0 Å². The maximum Gasteiger partial charge on any atom is 0.333 e. The van der Waals surface area contributed by atoms with Gasteiger partial charge in [0.25, 0.3) is 0 Å². The molecule has 0 amide bonds. The minimum atomic E-state index is -0.990. The van der Waals surface area contributed by atoms with Crippen molar-refractivity contribution in [3.8, 4) is 11.5 Å². The number of ether oxygens (including phenoxy) is 2. The lowest BCUT2D eigenvalue weighted by Gasteiger charge is -2.16. The third kappa shape index (κ3) is 4.94. The number of carboxylic acids is 1. The highest BCUT2D eigenvalue weighted by atomic mass is 16.5. The summed E-state index contributed by atoms with van der Waals surface area (Å²) in [5.41, 5.74) is 1.73. The van der Waals surface area contributed by atoms with Gasteiger partial charge in [0.2, 0.25) is 0 Å². The van der Waals surface area contributed by atoms with E-state index in [9.17, 15) is 9.90 Å². The van der Waals surface area contributed by atoms with E-state index in [2.05, 4.69) is 0 Å². The van der Waals surface area contributed by atoms with Crippen LogP contribution in [0.3, 0.4) is 0 Å². The molecule has 0 radical (unpaired) electrons. The topological polar surface area (TPSA) is 55.8 Å². The first kappa shape index (κ1) is 17.7. The number of carboxylic acid groups (broad SMARTS) is 1. The van der Waals surface area contributed by atoms with Crippen LogP contribution in [0, 0.1) is 0 Å². The first-order chi connectivity index (χ1) is 12.7. The molecule has 3 rings (SSSR count). The lowest BCUT2D eigenvalue weighted by Crippen LogP contribution is -2.26. The summed E-state index contributed by atoms with van der Waals surface area (Å²) in [6.45, 7) is 0.250. The highest BCUT2D eigenvalue weighted by molar-refractivity contribution is 5.73. The standard InChI is InChI=1S/C22H20O4/c23-22(24)21(25-16-17-9-3-1-4-10-17)15-18-11-7-8-14-20(18)26-19-12-5-2-6-13-19/h1-14,21H,15-16H2,(H,23,24)/t21-/m1/s1. The van der Waals surface area contributed by atoms with Gasteiger partial charge in [0.15, 0.2) is 6.10 Å². The summed E-state index contributed by atoms with van der Waals surface area (Å²) >= 11 is 0. The first-order valence-electron chi connectivity index (χ1n) is 8.41. The monoisotopic (exact) mass is 348 g/mol. The molecule has 0 spiro atoms. The molecule has 0 aliphatic rings. The molecule has 0 aliphatic carbocycles. The van der Waals surface area contributed by atoms with Crippen LogP contribution in [-0.2, 0) is 22.6 Å². The van der Waals surface area contributed by atoms with Gasteiger partial charge in [0, 0.05) is 6.42 Å². The van der Waals surface area contributed by atoms with Gasteiger partial charge in [-0.2, -0.15) is 0 Å². The van der Waals surface area contributed by atoms with Gasteiger partial charge in [0.05, 0.1) is 6.61 Å². The molecule has 0 aliphatic heterocycles. The molecule has 0 aromatic heterocycles. The zero-order valence-corrected chi connectivity index (χ0v) is 14.2. The molecule has 0 bridgehead atoms. The highest BCUT2D eigenvalue weighted by Crippen LogP contribution is 2.26. The molecule has 0 saturated heterocycles. The molecule has 132 valence electrons. The van der Waals surface area contributed by atoms with Crippen molar-refractivity contribution in [3.63, 3.8) is 0 Å². The van der Waals surface area contributed by atoms with E-state index in [1.165, 1.54) is 0 Å². The van der Waals surface area contributed by atoms with Crippen molar-refractivity contribution in [2.45, 2.75) is 19.1 Å². The molecule has 0 saturated carbocycles. The van der Waals surface area contributed by atoms with Crippen LogP contribution in [0.4, 0.5) is 0 Å². The van der Waals surface area contributed by atoms with E-state index in [1.54, 1.807) is 0 Å². The van der Waals surface area contributed by atoms with Crippen LogP contribution in [-0.4, -0.2) is 17.2 Å². The molecule has 1 atom stereocenters. The van der Waals surface area contributed by atoms with Crippen LogP contribution in [0.5, 0.6) is 11.5 Å².